The summed E-state index contributed by atoms with van der Waals surface area (Å²) < 4.78 is 24.2. The molecule has 0 N–H and O–H groups in total. The topological polar surface area (TPSA) is 35.5 Å². The average Bonchev–Trinajstić information content (AvgIpc) is 2.40. The molecule has 3 nitrogen and oxygen atoms in total. The van der Waals surface area contributed by atoms with E-state index in [9.17, 15) is 4.57 Å². The number of hydrogen-bond acceptors (Lipinski definition) is 3. The molecule has 0 radical (unpaired) electrons. The molecule has 0 unspecified atom stereocenters. The van der Waals surface area contributed by atoms with Gasteiger partial charge >= 0.3 is 8.25 Å². The second kappa shape index (κ2) is 6.70. The molecule has 0 bridgehead atoms. The van der Waals surface area contributed by atoms with Gasteiger partial charge in [0.15, 0.2) is 0 Å². The zero-order valence-corrected chi connectivity index (χ0v) is 15.0. The van der Waals surface area contributed by atoms with Crippen molar-refractivity contribution in [2.45, 2.75) is 13.8 Å². The van der Waals surface area contributed by atoms with Gasteiger partial charge in [-0.05, 0) is 69.0 Å². The molecule has 104 valence electrons. The largest absolute Gasteiger partial charge is 0.805 e. The van der Waals surface area contributed by atoms with Gasteiger partial charge in [-0.25, -0.2) is 9.05 Å². The van der Waals surface area contributed by atoms with Crippen LogP contribution in [0, 0.1) is 13.8 Å². The van der Waals surface area contributed by atoms with Gasteiger partial charge in [0.1, 0.15) is 0 Å². The highest BCUT2D eigenvalue weighted by Crippen LogP contribution is 2.39. The van der Waals surface area contributed by atoms with Gasteiger partial charge in [0.25, 0.3) is 0 Å². The van der Waals surface area contributed by atoms with Gasteiger partial charge < -0.3 is 0 Å². The Bertz CT molecular complexity index is 603. The van der Waals surface area contributed by atoms with Crippen LogP contribution >= 0.6 is 40.1 Å². The van der Waals surface area contributed by atoms with E-state index in [0.29, 0.717) is 11.5 Å². The van der Waals surface area contributed by atoms with E-state index in [1.165, 1.54) is 0 Å². The molecule has 0 amide bonds. The van der Waals surface area contributed by atoms with Crippen LogP contribution in [-0.4, -0.2) is 0 Å². The number of halogens is 2. The first-order chi connectivity index (χ1) is 9.49. The molecule has 2 aromatic carbocycles. The van der Waals surface area contributed by atoms with Crippen LogP contribution in [0.3, 0.4) is 0 Å². The summed E-state index contributed by atoms with van der Waals surface area (Å²) in [6.07, 6.45) is 0. The minimum atomic E-state index is -2.30. The molecule has 0 aromatic heterocycles. The Kier molecular flexibility index (Phi) is 5.19. The molecule has 0 saturated heterocycles. The maximum absolute atomic E-state index is 12.0. The standard InChI is InChI=1S/C14H12Br2O3P/c1-9-5-3-7-11(13(9)15)18-20(17)19-12-8-4-6-10(2)14(12)16/h3-8H,1-2H3/q+1. The van der Waals surface area contributed by atoms with E-state index in [1.54, 1.807) is 12.1 Å². The second-order valence-corrected chi connectivity index (χ2v) is 6.58. The monoisotopic (exact) mass is 417 g/mol. The Morgan fingerprint density at radius 2 is 1.25 bits per heavy atom. The Hall–Kier alpha value is -0.900. The molecule has 0 atom stereocenters. The minimum Gasteiger partial charge on any atom is -0.221 e. The average molecular weight is 419 g/mol. The lowest BCUT2D eigenvalue weighted by atomic mass is 10.2. The van der Waals surface area contributed by atoms with E-state index in [1.807, 2.05) is 38.1 Å². The molecule has 0 saturated carbocycles. The molecule has 2 rings (SSSR count). The number of benzene rings is 2. The van der Waals surface area contributed by atoms with E-state index < -0.39 is 8.25 Å². The quantitative estimate of drug-likeness (QED) is 0.576. The van der Waals surface area contributed by atoms with Crippen LogP contribution in [0.1, 0.15) is 11.1 Å². The fraction of sp³-hybridized carbons (Fsp3) is 0.143. The highest BCUT2D eigenvalue weighted by molar-refractivity contribution is 9.11. The fourth-order valence-electron chi connectivity index (χ4n) is 1.56. The third-order valence-corrected chi connectivity index (χ3v) is 5.38. The van der Waals surface area contributed by atoms with Crippen molar-refractivity contribution in [3.05, 3.63) is 56.5 Å². The van der Waals surface area contributed by atoms with Crippen molar-refractivity contribution in [3.63, 3.8) is 0 Å². The first-order valence-corrected chi connectivity index (χ1v) is 8.50. The van der Waals surface area contributed by atoms with E-state index in [2.05, 4.69) is 31.9 Å². The van der Waals surface area contributed by atoms with E-state index in [0.717, 1.165) is 20.1 Å². The van der Waals surface area contributed by atoms with Crippen molar-refractivity contribution >= 4 is 40.1 Å². The molecular weight excluding hydrogens is 407 g/mol. The first-order valence-electron chi connectivity index (χ1n) is 5.82. The summed E-state index contributed by atoms with van der Waals surface area (Å²) in [7, 11) is -2.30. The molecular formula is C14H12Br2O3P+. The van der Waals surface area contributed by atoms with Gasteiger partial charge in [-0.15, -0.1) is 0 Å². The first kappa shape index (κ1) is 15.5. The zero-order valence-electron chi connectivity index (χ0n) is 10.9. The van der Waals surface area contributed by atoms with Crippen molar-refractivity contribution in [1.29, 1.82) is 0 Å². The maximum Gasteiger partial charge on any atom is 0.805 e. The predicted molar refractivity (Wildman–Crippen MR) is 86.6 cm³/mol. The smallest absolute Gasteiger partial charge is 0.221 e. The van der Waals surface area contributed by atoms with Gasteiger partial charge in [-0.1, -0.05) is 24.3 Å². The minimum absolute atomic E-state index is 0.495. The summed E-state index contributed by atoms with van der Waals surface area (Å²) in [5.41, 5.74) is 2.00. The lowest BCUT2D eigenvalue weighted by Crippen LogP contribution is -1.92. The second-order valence-electron chi connectivity index (χ2n) is 4.18. The van der Waals surface area contributed by atoms with Gasteiger partial charge in [0.2, 0.25) is 11.5 Å². The van der Waals surface area contributed by atoms with Crippen molar-refractivity contribution in [2.75, 3.05) is 0 Å². The molecule has 0 aliphatic heterocycles. The summed E-state index contributed by atoms with van der Waals surface area (Å²) >= 11 is 6.80. The molecule has 2 aromatic rings. The fourth-order valence-corrected chi connectivity index (χ4v) is 3.16. The van der Waals surface area contributed by atoms with Gasteiger partial charge in [0, 0.05) is 4.57 Å². The van der Waals surface area contributed by atoms with Gasteiger partial charge in [0.05, 0.1) is 8.95 Å². The number of hydrogen-bond donors (Lipinski definition) is 0. The van der Waals surface area contributed by atoms with Gasteiger partial charge in [-0.3, -0.25) is 0 Å². The summed E-state index contributed by atoms with van der Waals surface area (Å²) in [6, 6.07) is 11.0. The number of rotatable bonds is 4. The lowest BCUT2D eigenvalue weighted by Gasteiger charge is -2.02. The Balaban J connectivity index is 2.13. The van der Waals surface area contributed by atoms with Crippen LogP contribution in [-0.2, 0) is 4.57 Å². The van der Waals surface area contributed by atoms with E-state index >= 15 is 0 Å². The predicted octanol–water partition coefficient (Wildman–Crippen LogP) is 5.94. The highest BCUT2D eigenvalue weighted by Gasteiger charge is 2.27. The molecule has 0 aliphatic carbocycles. The van der Waals surface area contributed by atoms with Crippen LogP contribution in [0.4, 0.5) is 0 Å². The van der Waals surface area contributed by atoms with E-state index in [-0.39, 0.29) is 0 Å². The van der Waals surface area contributed by atoms with Crippen molar-refractivity contribution in [2.24, 2.45) is 0 Å². The molecule has 0 fully saturated rings. The number of aryl methyl sites for hydroxylation is 2. The summed E-state index contributed by atoms with van der Waals surface area (Å²) in [5, 5.41) is 0. The molecule has 0 spiro atoms. The summed E-state index contributed by atoms with van der Waals surface area (Å²) in [5.74, 6) is 0.991. The van der Waals surface area contributed by atoms with Crippen molar-refractivity contribution in [1.82, 2.24) is 0 Å². The third kappa shape index (κ3) is 3.60. The van der Waals surface area contributed by atoms with Crippen LogP contribution < -0.4 is 9.05 Å². The van der Waals surface area contributed by atoms with E-state index in [4.69, 9.17) is 9.05 Å². The van der Waals surface area contributed by atoms with Crippen LogP contribution in [0.5, 0.6) is 11.5 Å². The summed E-state index contributed by atoms with van der Waals surface area (Å²) in [4.78, 5) is 0. The molecule has 6 heteroatoms. The maximum atomic E-state index is 12.0. The molecule has 20 heavy (non-hydrogen) atoms. The lowest BCUT2D eigenvalue weighted by molar-refractivity contribution is 0.413. The van der Waals surface area contributed by atoms with Crippen LogP contribution in [0.15, 0.2) is 45.3 Å². The highest BCUT2D eigenvalue weighted by atomic mass is 79.9. The van der Waals surface area contributed by atoms with Gasteiger partial charge in [-0.2, -0.15) is 0 Å². The Morgan fingerprint density at radius 1 is 0.850 bits per heavy atom. The molecule has 0 heterocycles. The Labute approximate surface area is 135 Å². The molecule has 0 aliphatic rings. The van der Waals surface area contributed by atoms with Crippen molar-refractivity contribution < 1.29 is 13.6 Å². The third-order valence-electron chi connectivity index (χ3n) is 2.66. The summed E-state index contributed by atoms with van der Waals surface area (Å²) in [6.45, 7) is 3.87. The zero-order chi connectivity index (χ0) is 14.7. The van der Waals surface area contributed by atoms with Crippen LogP contribution in [0.2, 0.25) is 0 Å². The van der Waals surface area contributed by atoms with Crippen molar-refractivity contribution in [3.8, 4) is 11.5 Å². The normalized spacial score (nSPS) is 10.2. The SMILES string of the molecule is Cc1cccc(O[P+](=O)Oc2cccc(C)c2Br)c1Br. The Morgan fingerprint density at radius 3 is 1.65 bits per heavy atom. The van der Waals surface area contributed by atoms with Crippen LogP contribution in [0.25, 0.3) is 0 Å².